The first-order chi connectivity index (χ1) is 11.5. The lowest BCUT2D eigenvalue weighted by Crippen LogP contribution is -2.18. The number of amides is 1. The van der Waals surface area contributed by atoms with Gasteiger partial charge in [-0.3, -0.25) is 4.79 Å². The largest absolute Gasteiger partial charge is 0.496 e. The number of benzene rings is 2. The van der Waals surface area contributed by atoms with Crippen LogP contribution in [0.15, 0.2) is 52.0 Å². The molecule has 0 heterocycles. The second-order valence-corrected chi connectivity index (χ2v) is 6.20. The van der Waals surface area contributed by atoms with Gasteiger partial charge in [0.15, 0.2) is 0 Å². The number of carbonyl (C=O) groups is 1. The zero-order chi connectivity index (χ0) is 17.5. The van der Waals surface area contributed by atoms with Gasteiger partial charge in [-0.1, -0.05) is 15.9 Å². The van der Waals surface area contributed by atoms with Crippen LogP contribution in [-0.4, -0.2) is 25.3 Å². The molecule has 0 aliphatic carbocycles. The van der Waals surface area contributed by atoms with Crippen LogP contribution < -0.4 is 14.9 Å². The number of methoxy groups -OCH3 is 1. The van der Waals surface area contributed by atoms with E-state index in [0.717, 1.165) is 15.8 Å². The molecule has 0 atom stereocenters. The summed E-state index contributed by atoms with van der Waals surface area (Å²) in [6.45, 7) is 3.95. The third kappa shape index (κ3) is 5.09. The van der Waals surface area contributed by atoms with Gasteiger partial charge in [0, 0.05) is 4.47 Å². The molecule has 0 aliphatic heterocycles. The molecule has 2 aromatic rings. The number of ether oxygens (including phenoxy) is 2. The number of rotatable bonds is 6. The standard InChI is InChI=1S/C18H19BrN2O3/c1-12(2)24-15-7-4-13(5-8-15)11-20-21-18(22)16-10-14(19)6-9-17(16)23-3/h4-12H,1-3H3,(H,21,22)/b20-11-. The minimum absolute atomic E-state index is 0.129. The highest BCUT2D eigenvalue weighted by Crippen LogP contribution is 2.22. The van der Waals surface area contributed by atoms with Gasteiger partial charge in [0.2, 0.25) is 0 Å². The van der Waals surface area contributed by atoms with Crippen LogP contribution >= 0.6 is 15.9 Å². The summed E-state index contributed by atoms with van der Waals surface area (Å²) >= 11 is 3.34. The molecule has 24 heavy (non-hydrogen) atoms. The summed E-state index contributed by atoms with van der Waals surface area (Å²) in [5.41, 5.74) is 3.76. The predicted octanol–water partition coefficient (Wildman–Crippen LogP) is 4.01. The Bertz CT molecular complexity index is 728. The molecule has 6 heteroatoms. The van der Waals surface area contributed by atoms with Crippen LogP contribution in [0.1, 0.15) is 29.8 Å². The maximum Gasteiger partial charge on any atom is 0.275 e. The maximum atomic E-state index is 12.2. The average Bonchev–Trinajstić information content (AvgIpc) is 2.56. The van der Waals surface area contributed by atoms with Crippen LogP contribution in [0, 0.1) is 0 Å². The van der Waals surface area contributed by atoms with E-state index in [1.165, 1.54) is 7.11 Å². The van der Waals surface area contributed by atoms with E-state index in [0.29, 0.717) is 11.3 Å². The van der Waals surface area contributed by atoms with Crippen molar-refractivity contribution in [2.24, 2.45) is 5.10 Å². The lowest BCUT2D eigenvalue weighted by molar-refractivity contribution is 0.0952. The minimum atomic E-state index is -0.343. The van der Waals surface area contributed by atoms with Crippen LogP contribution in [0.5, 0.6) is 11.5 Å². The molecule has 0 aromatic heterocycles. The van der Waals surface area contributed by atoms with Crippen molar-refractivity contribution in [1.82, 2.24) is 5.43 Å². The van der Waals surface area contributed by atoms with Crippen LogP contribution in [0.25, 0.3) is 0 Å². The molecule has 1 N–H and O–H groups in total. The molecule has 2 rings (SSSR count). The van der Waals surface area contributed by atoms with Crippen molar-refractivity contribution in [3.63, 3.8) is 0 Å². The van der Waals surface area contributed by atoms with Crippen molar-refractivity contribution < 1.29 is 14.3 Å². The van der Waals surface area contributed by atoms with Crippen LogP contribution in [0.2, 0.25) is 0 Å². The van der Waals surface area contributed by atoms with E-state index < -0.39 is 0 Å². The van der Waals surface area contributed by atoms with E-state index in [1.807, 2.05) is 38.1 Å². The van der Waals surface area contributed by atoms with E-state index in [1.54, 1.807) is 24.4 Å². The number of hydrogen-bond acceptors (Lipinski definition) is 4. The van der Waals surface area contributed by atoms with Gasteiger partial charge < -0.3 is 9.47 Å². The topological polar surface area (TPSA) is 59.9 Å². The second-order valence-electron chi connectivity index (χ2n) is 5.28. The highest BCUT2D eigenvalue weighted by molar-refractivity contribution is 9.10. The second kappa shape index (κ2) is 8.49. The maximum absolute atomic E-state index is 12.2. The number of halogens is 1. The van der Waals surface area contributed by atoms with Gasteiger partial charge in [0.05, 0.1) is 25.0 Å². The fourth-order valence-electron chi connectivity index (χ4n) is 1.99. The number of carbonyl (C=O) groups excluding carboxylic acids is 1. The quantitative estimate of drug-likeness (QED) is 0.598. The van der Waals surface area contributed by atoms with Crippen molar-refractivity contribution in [3.05, 3.63) is 58.1 Å². The normalized spacial score (nSPS) is 10.9. The first-order valence-electron chi connectivity index (χ1n) is 7.43. The highest BCUT2D eigenvalue weighted by atomic mass is 79.9. The molecule has 0 saturated carbocycles. The van der Waals surface area contributed by atoms with Gasteiger partial charge in [-0.25, -0.2) is 5.43 Å². The molecule has 0 radical (unpaired) electrons. The van der Waals surface area contributed by atoms with Gasteiger partial charge in [0.1, 0.15) is 11.5 Å². The Hall–Kier alpha value is -2.34. The highest BCUT2D eigenvalue weighted by Gasteiger charge is 2.11. The molecule has 0 saturated heterocycles. The Kier molecular flexibility index (Phi) is 6.37. The van der Waals surface area contributed by atoms with Crippen LogP contribution in [0.3, 0.4) is 0 Å². The van der Waals surface area contributed by atoms with Crippen molar-refractivity contribution in [1.29, 1.82) is 0 Å². The fraction of sp³-hybridized carbons (Fsp3) is 0.222. The fourth-order valence-corrected chi connectivity index (χ4v) is 2.35. The summed E-state index contributed by atoms with van der Waals surface area (Å²) in [5.74, 6) is 0.940. The molecule has 0 unspecified atom stereocenters. The SMILES string of the molecule is COc1ccc(Br)cc1C(=O)N/N=C\c1ccc(OC(C)C)cc1. The van der Waals surface area contributed by atoms with Crippen LogP contribution in [0.4, 0.5) is 0 Å². The van der Waals surface area contributed by atoms with Gasteiger partial charge in [-0.2, -0.15) is 5.10 Å². The molecule has 1 amide bonds. The van der Waals surface area contributed by atoms with Crippen molar-refractivity contribution in [2.75, 3.05) is 7.11 Å². The van der Waals surface area contributed by atoms with E-state index in [2.05, 4.69) is 26.5 Å². The van der Waals surface area contributed by atoms with Gasteiger partial charge in [0.25, 0.3) is 5.91 Å². The smallest absolute Gasteiger partial charge is 0.275 e. The zero-order valence-corrected chi connectivity index (χ0v) is 15.3. The Morgan fingerprint density at radius 3 is 2.54 bits per heavy atom. The van der Waals surface area contributed by atoms with E-state index in [4.69, 9.17) is 9.47 Å². The zero-order valence-electron chi connectivity index (χ0n) is 13.7. The summed E-state index contributed by atoms with van der Waals surface area (Å²) < 4.78 is 11.5. The molecule has 0 fully saturated rings. The Morgan fingerprint density at radius 2 is 1.92 bits per heavy atom. The summed E-state index contributed by atoms with van der Waals surface area (Å²) in [6, 6.07) is 12.7. The Balaban J connectivity index is 2.01. The van der Waals surface area contributed by atoms with Crippen LogP contribution in [-0.2, 0) is 0 Å². The number of nitrogens with one attached hydrogen (secondary N) is 1. The Labute approximate surface area is 149 Å². The van der Waals surface area contributed by atoms with Crippen molar-refractivity contribution in [2.45, 2.75) is 20.0 Å². The average molecular weight is 391 g/mol. The summed E-state index contributed by atoms with van der Waals surface area (Å²) in [4.78, 5) is 12.2. The van der Waals surface area contributed by atoms with Crippen molar-refractivity contribution in [3.8, 4) is 11.5 Å². The third-order valence-electron chi connectivity index (χ3n) is 3.04. The Morgan fingerprint density at radius 1 is 1.21 bits per heavy atom. The summed E-state index contributed by atoms with van der Waals surface area (Å²) in [5, 5.41) is 3.98. The molecule has 0 spiro atoms. The molecule has 2 aromatic carbocycles. The molecule has 5 nitrogen and oxygen atoms in total. The number of hydrazone groups is 1. The molecule has 0 bridgehead atoms. The van der Waals surface area contributed by atoms with Gasteiger partial charge in [-0.15, -0.1) is 0 Å². The first kappa shape index (κ1) is 18.0. The lowest BCUT2D eigenvalue weighted by Gasteiger charge is -2.09. The van der Waals surface area contributed by atoms with E-state index in [-0.39, 0.29) is 12.0 Å². The van der Waals surface area contributed by atoms with Crippen molar-refractivity contribution >= 4 is 28.1 Å². The minimum Gasteiger partial charge on any atom is -0.496 e. The predicted molar refractivity (Wildman–Crippen MR) is 98.0 cm³/mol. The first-order valence-corrected chi connectivity index (χ1v) is 8.22. The third-order valence-corrected chi connectivity index (χ3v) is 3.53. The number of hydrogen-bond donors (Lipinski definition) is 1. The number of nitrogens with zero attached hydrogens (tertiary/aromatic N) is 1. The molecular weight excluding hydrogens is 372 g/mol. The molecular formula is C18H19BrN2O3. The van der Waals surface area contributed by atoms with Gasteiger partial charge in [-0.05, 0) is 61.9 Å². The van der Waals surface area contributed by atoms with E-state index >= 15 is 0 Å². The lowest BCUT2D eigenvalue weighted by atomic mass is 10.2. The van der Waals surface area contributed by atoms with E-state index in [9.17, 15) is 4.79 Å². The molecule has 126 valence electrons. The summed E-state index contributed by atoms with van der Waals surface area (Å²) in [6.07, 6.45) is 1.70. The van der Waals surface area contributed by atoms with Gasteiger partial charge >= 0.3 is 0 Å². The summed E-state index contributed by atoms with van der Waals surface area (Å²) in [7, 11) is 1.52. The monoisotopic (exact) mass is 390 g/mol. The molecule has 0 aliphatic rings.